The summed E-state index contributed by atoms with van der Waals surface area (Å²) in [7, 11) is -3.62. The van der Waals surface area contributed by atoms with Gasteiger partial charge in [-0.25, -0.2) is 13.1 Å². The van der Waals surface area contributed by atoms with Crippen molar-refractivity contribution in [2.24, 2.45) is 0 Å². The van der Waals surface area contributed by atoms with Gasteiger partial charge in [-0.2, -0.15) is 0 Å². The molecule has 0 saturated heterocycles. The van der Waals surface area contributed by atoms with Crippen LogP contribution in [0.25, 0.3) is 11.3 Å². The lowest BCUT2D eigenvalue weighted by atomic mass is 10.1. The third-order valence-corrected chi connectivity index (χ3v) is 5.40. The summed E-state index contributed by atoms with van der Waals surface area (Å²) >= 11 is 0. The zero-order valence-electron chi connectivity index (χ0n) is 15.2. The average molecular weight is 383 g/mol. The molecule has 0 saturated carbocycles. The Morgan fingerprint density at radius 2 is 1.96 bits per heavy atom. The van der Waals surface area contributed by atoms with Crippen LogP contribution in [-0.4, -0.2) is 25.0 Å². The van der Waals surface area contributed by atoms with Crippen molar-refractivity contribution in [1.29, 1.82) is 0 Å². The van der Waals surface area contributed by atoms with Gasteiger partial charge in [-0.15, -0.1) is 0 Å². The molecule has 0 amide bonds. The van der Waals surface area contributed by atoms with Gasteiger partial charge in [0.25, 0.3) is 0 Å². The van der Waals surface area contributed by atoms with E-state index in [2.05, 4.69) is 14.7 Å². The molecule has 7 heteroatoms. The highest BCUT2D eigenvalue weighted by atomic mass is 32.2. The van der Waals surface area contributed by atoms with Gasteiger partial charge < -0.3 is 4.74 Å². The molecule has 0 aliphatic carbocycles. The topological polar surface area (TPSA) is 81.2 Å². The van der Waals surface area contributed by atoms with Crippen molar-refractivity contribution in [2.45, 2.75) is 25.3 Å². The Balaban J connectivity index is 1.69. The monoisotopic (exact) mass is 383 g/mol. The Bertz CT molecular complexity index is 1000. The summed E-state index contributed by atoms with van der Waals surface area (Å²) in [6.07, 6.45) is 5.10. The number of nitrogens with zero attached hydrogens (tertiary/aromatic N) is 2. The van der Waals surface area contributed by atoms with Gasteiger partial charge in [0, 0.05) is 30.7 Å². The Hall–Kier alpha value is -2.77. The van der Waals surface area contributed by atoms with Gasteiger partial charge in [0.1, 0.15) is 5.75 Å². The normalized spacial score (nSPS) is 11.3. The molecule has 0 aliphatic rings. The van der Waals surface area contributed by atoms with Crippen LogP contribution < -0.4 is 9.46 Å². The molecule has 0 atom stereocenters. The highest BCUT2D eigenvalue weighted by Gasteiger charge is 2.15. The minimum absolute atomic E-state index is 0.162. The molecule has 3 rings (SSSR count). The fourth-order valence-corrected chi connectivity index (χ4v) is 3.68. The molecule has 0 aliphatic heterocycles. The first-order valence-corrected chi connectivity index (χ1v) is 10.1. The number of nitrogens with one attached hydrogen (secondary N) is 1. The minimum atomic E-state index is -3.62. The van der Waals surface area contributed by atoms with Crippen LogP contribution in [-0.2, 0) is 16.6 Å². The smallest absolute Gasteiger partial charge is 0.240 e. The fourth-order valence-electron chi connectivity index (χ4n) is 2.58. The lowest BCUT2D eigenvalue weighted by Gasteiger charge is -2.11. The number of sulfonamides is 1. The van der Waals surface area contributed by atoms with Crippen molar-refractivity contribution in [3.05, 3.63) is 72.2 Å². The first kappa shape index (κ1) is 19.0. The Kier molecular flexibility index (Phi) is 5.83. The lowest BCUT2D eigenvalue weighted by Crippen LogP contribution is -2.23. The maximum Gasteiger partial charge on any atom is 0.240 e. The molecule has 3 aromatic rings. The van der Waals surface area contributed by atoms with E-state index >= 15 is 0 Å². The molecule has 1 aromatic carbocycles. The van der Waals surface area contributed by atoms with Crippen molar-refractivity contribution in [3.8, 4) is 17.0 Å². The molecular formula is C20H21N3O3S. The van der Waals surface area contributed by atoms with E-state index in [4.69, 9.17) is 4.74 Å². The number of aryl methyl sites for hydroxylation is 1. The van der Waals surface area contributed by atoms with E-state index in [1.54, 1.807) is 36.8 Å². The van der Waals surface area contributed by atoms with Crippen molar-refractivity contribution in [2.75, 3.05) is 6.61 Å². The minimum Gasteiger partial charge on any atom is -0.494 e. The van der Waals surface area contributed by atoms with Gasteiger partial charge in [-0.1, -0.05) is 6.07 Å². The second-order valence-corrected chi connectivity index (χ2v) is 7.75. The third-order valence-electron chi connectivity index (χ3n) is 4.00. The lowest BCUT2D eigenvalue weighted by molar-refractivity contribution is 0.337. The van der Waals surface area contributed by atoms with Crippen LogP contribution in [0, 0.1) is 6.92 Å². The van der Waals surface area contributed by atoms with E-state index in [0.29, 0.717) is 12.4 Å². The number of ether oxygens (including phenoxy) is 1. The largest absolute Gasteiger partial charge is 0.494 e. The molecule has 0 radical (unpaired) electrons. The van der Waals surface area contributed by atoms with Crippen LogP contribution in [0.5, 0.6) is 5.75 Å². The van der Waals surface area contributed by atoms with E-state index in [0.717, 1.165) is 22.4 Å². The summed E-state index contributed by atoms with van der Waals surface area (Å²) < 4.78 is 33.1. The SMILES string of the molecule is CCOc1ccc(S(=O)(=O)NCc2ccc(-c3cccnc3)nc2)cc1C. The van der Waals surface area contributed by atoms with Gasteiger partial charge >= 0.3 is 0 Å². The van der Waals surface area contributed by atoms with Crippen LogP contribution in [0.1, 0.15) is 18.1 Å². The predicted octanol–water partition coefficient (Wildman–Crippen LogP) is 3.33. The number of benzene rings is 1. The standard InChI is InChI=1S/C20H21N3O3S/c1-3-26-20-9-7-18(11-15(20)2)27(24,25)23-13-16-6-8-19(22-12-16)17-5-4-10-21-14-17/h4-12,14,23H,3,13H2,1-2H3. The summed E-state index contributed by atoms with van der Waals surface area (Å²) in [6, 6.07) is 12.3. The first-order chi connectivity index (χ1) is 13.0. The zero-order chi connectivity index (χ0) is 19.3. The summed E-state index contributed by atoms with van der Waals surface area (Å²) in [5.74, 6) is 0.687. The molecule has 0 spiro atoms. The van der Waals surface area contributed by atoms with Gasteiger partial charge in [0.2, 0.25) is 10.0 Å². The molecule has 140 valence electrons. The summed E-state index contributed by atoms with van der Waals surface area (Å²) in [4.78, 5) is 8.66. The van der Waals surface area contributed by atoms with Crippen LogP contribution in [0.3, 0.4) is 0 Å². The molecule has 1 N–H and O–H groups in total. The molecule has 27 heavy (non-hydrogen) atoms. The van der Waals surface area contributed by atoms with E-state index < -0.39 is 10.0 Å². The highest BCUT2D eigenvalue weighted by Crippen LogP contribution is 2.22. The van der Waals surface area contributed by atoms with Crippen LogP contribution >= 0.6 is 0 Å². The van der Waals surface area contributed by atoms with Crippen molar-refractivity contribution in [1.82, 2.24) is 14.7 Å². The van der Waals surface area contributed by atoms with E-state index in [9.17, 15) is 8.42 Å². The first-order valence-electron chi connectivity index (χ1n) is 8.58. The number of aromatic nitrogens is 2. The number of pyridine rings is 2. The van der Waals surface area contributed by atoms with E-state index in [1.165, 1.54) is 0 Å². The summed E-state index contributed by atoms with van der Waals surface area (Å²) in [6.45, 7) is 4.41. The van der Waals surface area contributed by atoms with Crippen LogP contribution in [0.4, 0.5) is 0 Å². The third kappa shape index (κ3) is 4.69. The zero-order valence-corrected chi connectivity index (χ0v) is 16.0. The second-order valence-electron chi connectivity index (χ2n) is 5.98. The maximum absolute atomic E-state index is 12.5. The Morgan fingerprint density at radius 1 is 1.11 bits per heavy atom. The van der Waals surface area contributed by atoms with Crippen LogP contribution in [0.2, 0.25) is 0 Å². The molecule has 0 unspecified atom stereocenters. The summed E-state index contributed by atoms with van der Waals surface area (Å²) in [5.41, 5.74) is 3.25. The fraction of sp³-hybridized carbons (Fsp3) is 0.200. The van der Waals surface area contributed by atoms with Crippen molar-refractivity contribution < 1.29 is 13.2 Å². The average Bonchev–Trinajstić information content (AvgIpc) is 2.69. The maximum atomic E-state index is 12.5. The number of hydrogen-bond acceptors (Lipinski definition) is 5. The van der Waals surface area contributed by atoms with Crippen LogP contribution in [0.15, 0.2) is 66.0 Å². The van der Waals surface area contributed by atoms with Crippen molar-refractivity contribution in [3.63, 3.8) is 0 Å². The second kappa shape index (κ2) is 8.28. The molecule has 0 bridgehead atoms. The quantitative estimate of drug-likeness (QED) is 0.677. The van der Waals surface area contributed by atoms with Gasteiger partial charge in [-0.3, -0.25) is 9.97 Å². The molecule has 2 aromatic heterocycles. The van der Waals surface area contributed by atoms with E-state index in [1.807, 2.05) is 38.1 Å². The molecule has 6 nitrogen and oxygen atoms in total. The predicted molar refractivity (Wildman–Crippen MR) is 104 cm³/mol. The Labute approximate surface area is 159 Å². The van der Waals surface area contributed by atoms with Gasteiger partial charge in [0.15, 0.2) is 0 Å². The van der Waals surface area contributed by atoms with Crippen molar-refractivity contribution >= 4 is 10.0 Å². The van der Waals surface area contributed by atoms with Gasteiger partial charge in [0.05, 0.1) is 17.2 Å². The van der Waals surface area contributed by atoms with Gasteiger partial charge in [-0.05, 0) is 61.4 Å². The number of hydrogen-bond donors (Lipinski definition) is 1. The summed E-state index contributed by atoms with van der Waals surface area (Å²) in [5, 5.41) is 0. The number of rotatable bonds is 7. The molecule has 0 fully saturated rings. The van der Waals surface area contributed by atoms with E-state index in [-0.39, 0.29) is 11.4 Å². The Morgan fingerprint density at radius 3 is 2.59 bits per heavy atom. The molecule has 2 heterocycles. The molecular weight excluding hydrogens is 362 g/mol. The highest BCUT2D eigenvalue weighted by molar-refractivity contribution is 7.89.